The highest BCUT2D eigenvalue weighted by atomic mass is 16.2. The molecule has 3 aromatic rings. The first-order chi connectivity index (χ1) is 14.6. The number of aromatic nitrogens is 1. The van der Waals surface area contributed by atoms with Crippen molar-refractivity contribution in [3.8, 4) is 0 Å². The molecule has 0 atom stereocenters. The Balaban J connectivity index is 1.55. The number of nitrogens with zero attached hydrogens (tertiary/aromatic N) is 1. The van der Waals surface area contributed by atoms with Crippen LogP contribution in [0.3, 0.4) is 0 Å². The van der Waals surface area contributed by atoms with Crippen molar-refractivity contribution in [3.05, 3.63) is 89.7 Å². The van der Waals surface area contributed by atoms with Crippen molar-refractivity contribution in [1.82, 2.24) is 10.3 Å². The van der Waals surface area contributed by atoms with Crippen molar-refractivity contribution in [3.63, 3.8) is 0 Å². The molecule has 1 aliphatic carbocycles. The maximum atomic E-state index is 12.7. The summed E-state index contributed by atoms with van der Waals surface area (Å²) in [6.07, 6.45) is 7.19. The van der Waals surface area contributed by atoms with Gasteiger partial charge in [0.15, 0.2) is 0 Å². The number of para-hydroxylation sites is 2. The van der Waals surface area contributed by atoms with Crippen LogP contribution >= 0.6 is 0 Å². The van der Waals surface area contributed by atoms with Gasteiger partial charge in [0.05, 0.1) is 11.4 Å². The van der Waals surface area contributed by atoms with E-state index >= 15 is 0 Å². The van der Waals surface area contributed by atoms with Gasteiger partial charge in [-0.1, -0.05) is 30.3 Å². The molecule has 0 saturated heterocycles. The third-order valence-electron chi connectivity index (χ3n) is 4.82. The van der Waals surface area contributed by atoms with Gasteiger partial charge in [-0.3, -0.25) is 14.6 Å². The van der Waals surface area contributed by atoms with Gasteiger partial charge in [-0.25, -0.2) is 0 Å². The monoisotopic (exact) mass is 398 g/mol. The largest absolute Gasteiger partial charge is 0.397 e. The zero-order valence-corrected chi connectivity index (χ0v) is 16.3. The Morgan fingerprint density at radius 3 is 2.40 bits per heavy atom. The van der Waals surface area contributed by atoms with Crippen LogP contribution in [-0.4, -0.2) is 22.8 Å². The van der Waals surface area contributed by atoms with Crippen LogP contribution in [0.1, 0.15) is 34.3 Å². The zero-order valence-electron chi connectivity index (χ0n) is 16.3. The van der Waals surface area contributed by atoms with E-state index in [1.54, 1.807) is 42.7 Å². The highest BCUT2D eigenvalue weighted by Gasteiger charge is 2.25. The summed E-state index contributed by atoms with van der Waals surface area (Å²) in [7, 11) is 0. The van der Waals surface area contributed by atoms with Crippen LogP contribution in [0.15, 0.2) is 73.1 Å². The highest BCUT2D eigenvalue weighted by molar-refractivity contribution is 6.24. The van der Waals surface area contributed by atoms with Crippen LogP contribution in [0.2, 0.25) is 0 Å². The van der Waals surface area contributed by atoms with Gasteiger partial charge in [-0.05, 0) is 54.8 Å². The molecule has 1 saturated carbocycles. The summed E-state index contributed by atoms with van der Waals surface area (Å²) in [5.41, 5.74) is 9.57. The molecule has 0 radical (unpaired) electrons. The highest BCUT2D eigenvalue weighted by Crippen LogP contribution is 2.23. The topological polar surface area (TPSA) is 97.1 Å². The molecule has 0 unspecified atom stereocenters. The lowest BCUT2D eigenvalue weighted by atomic mass is 10.0. The number of amides is 2. The molecule has 2 amide bonds. The van der Waals surface area contributed by atoms with Crippen molar-refractivity contribution in [2.24, 2.45) is 0 Å². The molecule has 6 nitrogen and oxygen atoms in total. The molecule has 0 aliphatic heterocycles. The summed E-state index contributed by atoms with van der Waals surface area (Å²) >= 11 is 0. The second-order valence-electron chi connectivity index (χ2n) is 7.21. The van der Waals surface area contributed by atoms with Gasteiger partial charge < -0.3 is 16.4 Å². The van der Waals surface area contributed by atoms with Crippen LogP contribution in [0.4, 0.5) is 11.4 Å². The second kappa shape index (κ2) is 8.61. The molecule has 4 N–H and O–H groups in total. The van der Waals surface area contributed by atoms with E-state index in [9.17, 15) is 9.59 Å². The van der Waals surface area contributed by atoms with E-state index in [-0.39, 0.29) is 17.9 Å². The first-order valence-electron chi connectivity index (χ1n) is 9.79. The first-order valence-corrected chi connectivity index (χ1v) is 9.79. The summed E-state index contributed by atoms with van der Waals surface area (Å²) in [6.45, 7) is 0. The molecule has 1 aliphatic rings. The Kier molecular flexibility index (Phi) is 5.57. The van der Waals surface area contributed by atoms with Gasteiger partial charge >= 0.3 is 0 Å². The van der Waals surface area contributed by atoms with Gasteiger partial charge in [0.1, 0.15) is 0 Å². The lowest BCUT2D eigenvalue weighted by Crippen LogP contribution is -2.26. The predicted octanol–water partition coefficient (Wildman–Crippen LogP) is 3.74. The Morgan fingerprint density at radius 1 is 0.967 bits per heavy atom. The normalized spacial score (nSPS) is 13.5. The minimum Gasteiger partial charge on any atom is -0.397 e. The van der Waals surface area contributed by atoms with Crippen LogP contribution in [0, 0.1) is 0 Å². The fourth-order valence-corrected chi connectivity index (χ4v) is 3.00. The molecule has 150 valence electrons. The molecule has 6 heteroatoms. The molecule has 1 aromatic heterocycles. The Morgan fingerprint density at radius 2 is 1.73 bits per heavy atom. The van der Waals surface area contributed by atoms with Crippen LogP contribution in [-0.2, 0) is 4.79 Å². The Hall–Kier alpha value is -3.93. The minimum absolute atomic E-state index is 0.119. The van der Waals surface area contributed by atoms with Crippen LogP contribution in [0.5, 0.6) is 0 Å². The molecule has 30 heavy (non-hydrogen) atoms. The zero-order chi connectivity index (χ0) is 20.9. The standard InChI is InChI=1S/C24H22N4O2/c25-21-5-1-2-6-22(21)28-23(29)17-9-7-16(8-10-17)14-20(18-4-3-13-26-15-18)24(30)27-19-11-12-19/h1-10,13-15,19H,11-12,25H2,(H,27,30)(H,28,29)/b20-14+. The van der Waals surface area contributed by atoms with Crippen molar-refractivity contribution in [1.29, 1.82) is 0 Å². The molecule has 1 fully saturated rings. The number of hydrogen-bond donors (Lipinski definition) is 3. The van der Waals surface area contributed by atoms with Crippen molar-refractivity contribution in [2.45, 2.75) is 18.9 Å². The van der Waals surface area contributed by atoms with E-state index in [1.807, 2.05) is 36.4 Å². The third-order valence-corrected chi connectivity index (χ3v) is 4.82. The fraction of sp³-hybridized carbons (Fsp3) is 0.125. The van der Waals surface area contributed by atoms with Gasteiger partial charge in [0.2, 0.25) is 0 Å². The fourth-order valence-electron chi connectivity index (χ4n) is 3.00. The number of pyridine rings is 1. The molecule has 4 rings (SSSR count). The van der Waals surface area contributed by atoms with Gasteiger partial charge in [-0.2, -0.15) is 0 Å². The van der Waals surface area contributed by atoms with Crippen molar-refractivity contribution >= 4 is 34.8 Å². The molecule has 0 spiro atoms. The number of nitrogens with two attached hydrogens (primary N) is 1. The Bertz CT molecular complexity index is 1090. The quantitative estimate of drug-likeness (QED) is 0.435. The minimum atomic E-state index is -0.248. The van der Waals surface area contributed by atoms with Crippen LogP contribution < -0.4 is 16.4 Å². The molecule has 1 heterocycles. The maximum Gasteiger partial charge on any atom is 0.255 e. The van der Waals surface area contributed by atoms with Crippen LogP contribution in [0.25, 0.3) is 11.6 Å². The number of anilines is 2. The number of nitrogens with one attached hydrogen (secondary N) is 2. The van der Waals surface area contributed by atoms with Gasteiger partial charge in [0.25, 0.3) is 11.8 Å². The Labute approximate surface area is 174 Å². The van der Waals surface area contributed by atoms with E-state index < -0.39 is 0 Å². The lowest BCUT2D eigenvalue weighted by Gasteiger charge is -2.10. The van der Waals surface area contributed by atoms with Crippen molar-refractivity contribution in [2.75, 3.05) is 11.1 Å². The smallest absolute Gasteiger partial charge is 0.255 e. The molecular formula is C24H22N4O2. The SMILES string of the molecule is Nc1ccccc1NC(=O)c1ccc(/C=C(/C(=O)NC2CC2)c2cccnc2)cc1. The number of carbonyl (C=O) groups excluding carboxylic acids is 2. The average Bonchev–Trinajstić information content (AvgIpc) is 3.58. The van der Waals surface area contributed by atoms with E-state index in [4.69, 9.17) is 5.73 Å². The van der Waals surface area contributed by atoms with E-state index in [2.05, 4.69) is 15.6 Å². The summed E-state index contributed by atoms with van der Waals surface area (Å²) in [4.78, 5) is 29.4. The molecule has 0 bridgehead atoms. The number of carbonyl (C=O) groups is 2. The van der Waals surface area contributed by atoms with Crippen molar-refractivity contribution < 1.29 is 9.59 Å². The molecule has 2 aromatic carbocycles. The maximum absolute atomic E-state index is 12.7. The second-order valence-corrected chi connectivity index (χ2v) is 7.21. The summed E-state index contributed by atoms with van der Waals surface area (Å²) < 4.78 is 0. The number of rotatable bonds is 6. The van der Waals surface area contributed by atoms with E-state index in [1.165, 1.54) is 0 Å². The van der Waals surface area contributed by atoms with Gasteiger partial charge in [-0.15, -0.1) is 0 Å². The third kappa shape index (κ3) is 4.72. The number of benzene rings is 2. The summed E-state index contributed by atoms with van der Waals surface area (Å²) in [5.74, 6) is -0.366. The summed E-state index contributed by atoms with van der Waals surface area (Å²) in [5, 5.41) is 5.83. The first kappa shape index (κ1) is 19.4. The van der Waals surface area contributed by atoms with E-state index in [0.717, 1.165) is 24.0 Å². The number of hydrogen-bond acceptors (Lipinski definition) is 4. The lowest BCUT2D eigenvalue weighted by molar-refractivity contribution is -0.115. The number of nitrogen functional groups attached to an aromatic ring is 1. The average molecular weight is 398 g/mol. The molecular weight excluding hydrogens is 376 g/mol. The predicted molar refractivity (Wildman–Crippen MR) is 119 cm³/mol. The van der Waals surface area contributed by atoms with Gasteiger partial charge in [0, 0.05) is 35.1 Å². The van der Waals surface area contributed by atoms with E-state index in [0.29, 0.717) is 22.5 Å². The summed E-state index contributed by atoms with van der Waals surface area (Å²) in [6, 6.07) is 18.1.